The van der Waals surface area contributed by atoms with Gasteiger partial charge in [-0.25, -0.2) is 8.78 Å². The maximum Gasteiger partial charge on any atom is 0.416 e. The Hall–Kier alpha value is -3.01. The fourth-order valence-corrected chi connectivity index (χ4v) is 4.59. The summed E-state index contributed by atoms with van der Waals surface area (Å²) in [6.45, 7) is -0.125. The lowest BCUT2D eigenvalue weighted by Gasteiger charge is -2.36. The number of nitrogens with zero attached hydrogens (tertiary/aromatic N) is 1. The molecule has 0 amide bonds. The molecule has 1 heterocycles. The molecule has 0 saturated carbocycles. The van der Waals surface area contributed by atoms with Gasteiger partial charge in [0.05, 0.1) is 26.3 Å². The quantitative estimate of drug-likeness (QED) is 0.214. The zero-order valence-corrected chi connectivity index (χ0v) is 21.3. The number of phenolic OH excluding ortho intramolecular Hbond substituents is 1. The number of benzene rings is 3. The second kappa shape index (κ2) is 10.8. The Morgan fingerprint density at radius 1 is 0.919 bits per heavy atom. The molecule has 10 heteroatoms. The van der Waals surface area contributed by atoms with Crippen molar-refractivity contribution in [2.24, 2.45) is 0 Å². The van der Waals surface area contributed by atoms with Gasteiger partial charge in [-0.2, -0.15) is 13.2 Å². The molecule has 0 spiro atoms. The molecule has 0 aliphatic heterocycles. The summed E-state index contributed by atoms with van der Waals surface area (Å²) in [5, 5.41) is 13.8. The van der Waals surface area contributed by atoms with Gasteiger partial charge in [-0.15, -0.1) is 0 Å². The zero-order chi connectivity index (χ0) is 26.8. The van der Waals surface area contributed by atoms with Crippen molar-refractivity contribution < 1.29 is 27.1 Å². The van der Waals surface area contributed by atoms with E-state index < -0.39 is 28.9 Å². The lowest BCUT2D eigenvalue weighted by atomic mass is 9.79. The Balaban J connectivity index is 1.94. The number of pyridine rings is 1. The van der Waals surface area contributed by atoms with E-state index in [1.165, 1.54) is 24.4 Å². The van der Waals surface area contributed by atoms with E-state index in [2.05, 4.69) is 26.2 Å². The van der Waals surface area contributed by atoms with Crippen LogP contribution in [0.25, 0.3) is 0 Å². The van der Waals surface area contributed by atoms with Gasteiger partial charge in [-0.1, -0.05) is 41.9 Å². The minimum absolute atomic E-state index is 0.0424. The Kier molecular flexibility index (Phi) is 7.87. The Morgan fingerprint density at radius 3 is 2.27 bits per heavy atom. The lowest BCUT2D eigenvalue weighted by molar-refractivity contribution is -0.137. The van der Waals surface area contributed by atoms with Gasteiger partial charge < -0.3 is 5.11 Å². The van der Waals surface area contributed by atoms with E-state index in [0.717, 1.165) is 18.2 Å². The number of rotatable bonds is 7. The van der Waals surface area contributed by atoms with Gasteiger partial charge in [0.1, 0.15) is 17.4 Å². The highest BCUT2D eigenvalue weighted by Gasteiger charge is 2.39. The Labute approximate surface area is 223 Å². The molecule has 0 saturated heterocycles. The minimum Gasteiger partial charge on any atom is -0.508 e. The molecule has 4 rings (SSSR count). The van der Waals surface area contributed by atoms with Crippen LogP contribution in [0.2, 0.25) is 5.02 Å². The van der Waals surface area contributed by atoms with Crippen LogP contribution in [0.5, 0.6) is 5.75 Å². The first-order valence-electron chi connectivity index (χ1n) is 10.9. The molecule has 1 aromatic heterocycles. The molecule has 0 bridgehead atoms. The fourth-order valence-electron chi connectivity index (χ4n) is 4.09. The van der Waals surface area contributed by atoms with E-state index in [0.29, 0.717) is 16.7 Å². The number of nitrogens with one attached hydrogen (secondary N) is 1. The topological polar surface area (TPSA) is 45.1 Å². The van der Waals surface area contributed by atoms with E-state index >= 15 is 0 Å². The third kappa shape index (κ3) is 6.11. The van der Waals surface area contributed by atoms with Crippen LogP contribution < -0.4 is 5.32 Å². The Bertz CT molecular complexity index is 1400. The SMILES string of the molecule is Oc1cc(F)c(Br)cc1CN[C@@](Cc1ccccc1)(c1cc(F)cc(C(F)(F)F)c1)c1ccc(Cl)cn1. The second-order valence-corrected chi connectivity index (χ2v) is 9.70. The van der Waals surface area contributed by atoms with E-state index in [-0.39, 0.29) is 40.0 Å². The maximum absolute atomic E-state index is 14.7. The molecule has 3 nitrogen and oxygen atoms in total. The normalized spacial score (nSPS) is 13.4. The predicted molar refractivity (Wildman–Crippen MR) is 134 cm³/mol. The van der Waals surface area contributed by atoms with Crippen LogP contribution in [0.4, 0.5) is 22.0 Å². The van der Waals surface area contributed by atoms with E-state index in [4.69, 9.17) is 11.6 Å². The summed E-state index contributed by atoms with van der Waals surface area (Å²) in [6, 6.07) is 16.5. The van der Waals surface area contributed by atoms with Crippen LogP contribution >= 0.6 is 27.5 Å². The molecule has 3 aromatic carbocycles. The molecule has 0 aliphatic rings. The monoisotopic (exact) mass is 596 g/mol. The average Bonchev–Trinajstić information content (AvgIpc) is 2.85. The van der Waals surface area contributed by atoms with Gasteiger partial charge in [-0.05, 0) is 63.5 Å². The van der Waals surface area contributed by atoms with Crippen LogP contribution in [0.15, 0.2) is 83.5 Å². The minimum atomic E-state index is -4.80. The molecule has 37 heavy (non-hydrogen) atoms. The van der Waals surface area contributed by atoms with Gasteiger partial charge in [0.25, 0.3) is 0 Å². The molecule has 0 aliphatic carbocycles. The van der Waals surface area contributed by atoms with Crippen LogP contribution in [-0.2, 0) is 24.7 Å². The van der Waals surface area contributed by atoms with Crippen molar-refractivity contribution >= 4 is 27.5 Å². The molecule has 0 unspecified atom stereocenters. The molecule has 0 fully saturated rings. The summed E-state index contributed by atoms with van der Waals surface area (Å²) in [5.41, 5.74) is -1.48. The first-order chi connectivity index (χ1) is 17.5. The lowest BCUT2D eigenvalue weighted by Crippen LogP contribution is -2.46. The van der Waals surface area contributed by atoms with Crippen molar-refractivity contribution in [3.05, 3.63) is 128 Å². The molecule has 4 aromatic rings. The molecular weight excluding hydrogens is 579 g/mol. The van der Waals surface area contributed by atoms with Crippen molar-refractivity contribution in [1.29, 1.82) is 0 Å². The van der Waals surface area contributed by atoms with Gasteiger partial charge in [0.15, 0.2) is 0 Å². The third-order valence-corrected chi connectivity index (χ3v) is 6.73. The van der Waals surface area contributed by atoms with Gasteiger partial charge in [0.2, 0.25) is 0 Å². The predicted octanol–water partition coefficient (Wildman–Crippen LogP) is 7.78. The zero-order valence-electron chi connectivity index (χ0n) is 19.0. The first-order valence-corrected chi connectivity index (χ1v) is 12.1. The molecule has 2 N–H and O–H groups in total. The molecule has 1 atom stereocenters. The van der Waals surface area contributed by atoms with Crippen LogP contribution in [0.1, 0.15) is 27.9 Å². The smallest absolute Gasteiger partial charge is 0.416 e. The highest BCUT2D eigenvalue weighted by molar-refractivity contribution is 9.10. The number of hydrogen-bond acceptors (Lipinski definition) is 3. The van der Waals surface area contributed by atoms with Crippen molar-refractivity contribution in [2.45, 2.75) is 24.7 Å². The fraction of sp³-hybridized carbons (Fsp3) is 0.148. The van der Waals surface area contributed by atoms with E-state index in [9.17, 15) is 27.1 Å². The molecule has 0 radical (unpaired) electrons. The van der Waals surface area contributed by atoms with Gasteiger partial charge in [0, 0.05) is 30.8 Å². The standard InChI is InChI=1S/C27H19BrClF5N2O/c28-22-8-17(24(37)12-23(22)31)14-36-26(13-16-4-2-1-3-5-16,25-7-6-20(29)15-35-25)18-9-19(27(32,33)34)11-21(30)10-18/h1-12,15,36-37H,13-14H2/t26-/m0/s1. The highest BCUT2D eigenvalue weighted by Crippen LogP contribution is 2.38. The summed E-state index contributed by atoms with van der Waals surface area (Å²) in [6.07, 6.45) is -3.40. The van der Waals surface area contributed by atoms with Crippen LogP contribution in [0, 0.1) is 11.6 Å². The number of alkyl halides is 3. The maximum atomic E-state index is 14.7. The average molecular weight is 598 g/mol. The second-order valence-electron chi connectivity index (χ2n) is 8.40. The summed E-state index contributed by atoms with van der Waals surface area (Å²) in [5.74, 6) is -2.12. The molecular formula is C27H19BrClF5N2O. The number of aromatic hydroxyl groups is 1. The number of hydrogen-bond donors (Lipinski definition) is 2. The number of halogens is 7. The van der Waals surface area contributed by atoms with E-state index in [1.807, 2.05) is 0 Å². The van der Waals surface area contributed by atoms with Crippen molar-refractivity contribution in [3.8, 4) is 5.75 Å². The van der Waals surface area contributed by atoms with Gasteiger partial charge >= 0.3 is 6.18 Å². The van der Waals surface area contributed by atoms with Crippen molar-refractivity contribution in [3.63, 3.8) is 0 Å². The summed E-state index contributed by atoms with van der Waals surface area (Å²) >= 11 is 9.12. The van der Waals surface area contributed by atoms with Gasteiger partial charge in [-0.3, -0.25) is 10.3 Å². The summed E-state index contributed by atoms with van der Waals surface area (Å²) in [4.78, 5) is 4.38. The summed E-state index contributed by atoms with van der Waals surface area (Å²) in [7, 11) is 0. The van der Waals surface area contributed by atoms with Crippen LogP contribution in [-0.4, -0.2) is 10.1 Å². The highest BCUT2D eigenvalue weighted by atomic mass is 79.9. The number of phenols is 1. The molecule has 192 valence electrons. The largest absolute Gasteiger partial charge is 0.508 e. The first kappa shape index (κ1) is 27.0. The van der Waals surface area contributed by atoms with Crippen molar-refractivity contribution in [2.75, 3.05) is 0 Å². The third-order valence-electron chi connectivity index (χ3n) is 5.90. The summed E-state index contributed by atoms with van der Waals surface area (Å²) < 4.78 is 69.8. The van der Waals surface area contributed by atoms with E-state index in [1.54, 1.807) is 30.3 Å². The van der Waals surface area contributed by atoms with Crippen molar-refractivity contribution in [1.82, 2.24) is 10.3 Å². The van der Waals surface area contributed by atoms with Crippen LogP contribution in [0.3, 0.4) is 0 Å². The Morgan fingerprint density at radius 2 is 1.62 bits per heavy atom. The number of aromatic nitrogens is 1.